The first-order valence-corrected chi connectivity index (χ1v) is 7.86. The third-order valence-electron chi connectivity index (χ3n) is 3.36. The molecule has 0 aromatic carbocycles. The van der Waals surface area contributed by atoms with Gasteiger partial charge in [-0.3, -0.25) is 4.90 Å². The van der Waals surface area contributed by atoms with Crippen LogP contribution in [0.1, 0.15) is 19.7 Å². The maximum atomic E-state index is 9.34. The fourth-order valence-electron chi connectivity index (χ4n) is 2.65. The van der Waals surface area contributed by atoms with Gasteiger partial charge in [-0.25, -0.2) is 0 Å². The summed E-state index contributed by atoms with van der Waals surface area (Å²) in [6, 6.07) is 1.96. The van der Waals surface area contributed by atoms with Crippen LogP contribution in [-0.2, 0) is 11.3 Å². The van der Waals surface area contributed by atoms with Gasteiger partial charge in [0.2, 0.25) is 0 Å². The minimum absolute atomic E-state index is 0.0202. The van der Waals surface area contributed by atoms with Crippen LogP contribution in [0.3, 0.4) is 0 Å². The molecule has 2 aromatic rings. The number of aliphatic hydroxyl groups is 1. The molecule has 0 aliphatic carbocycles. The normalized spacial score (nSPS) is 22.5. The first kappa shape index (κ1) is 14.6. The Kier molecular flexibility index (Phi) is 4.08. The van der Waals surface area contributed by atoms with Crippen LogP contribution in [0.2, 0.25) is 0 Å². The van der Waals surface area contributed by atoms with Crippen molar-refractivity contribution in [2.75, 3.05) is 19.7 Å². The van der Waals surface area contributed by atoms with Crippen LogP contribution in [0.5, 0.6) is 0 Å². The van der Waals surface area contributed by atoms with Crippen molar-refractivity contribution in [1.82, 2.24) is 15.0 Å². The lowest BCUT2D eigenvalue weighted by Crippen LogP contribution is -2.53. The molecule has 1 unspecified atom stereocenters. The number of nitrogens with zero attached hydrogens (tertiary/aromatic N) is 3. The Hall–Kier alpha value is -1.28. The van der Waals surface area contributed by atoms with Gasteiger partial charge in [0.15, 0.2) is 5.82 Å². The Labute approximate surface area is 127 Å². The predicted octanol–water partition coefficient (Wildman–Crippen LogP) is 1.77. The van der Waals surface area contributed by atoms with Gasteiger partial charge in [0, 0.05) is 18.5 Å². The standard InChI is InChI=1S/C14H19N3O3S/c1-14(2)9-17(5-11(7-18)19-14)6-12-15-13(20-16-12)10-3-4-21-8-10/h3-4,8,11,18H,5-7,9H2,1-2H3. The summed E-state index contributed by atoms with van der Waals surface area (Å²) in [6.45, 7) is 6.10. The first-order valence-electron chi connectivity index (χ1n) is 6.92. The Morgan fingerprint density at radius 2 is 2.38 bits per heavy atom. The molecule has 0 radical (unpaired) electrons. The van der Waals surface area contributed by atoms with E-state index in [1.807, 2.05) is 30.7 Å². The number of ether oxygens (including phenoxy) is 1. The monoisotopic (exact) mass is 309 g/mol. The summed E-state index contributed by atoms with van der Waals surface area (Å²) < 4.78 is 11.1. The fourth-order valence-corrected chi connectivity index (χ4v) is 3.28. The fraction of sp³-hybridized carbons (Fsp3) is 0.571. The lowest BCUT2D eigenvalue weighted by molar-refractivity contribution is -0.151. The van der Waals surface area contributed by atoms with Gasteiger partial charge in [-0.2, -0.15) is 16.3 Å². The highest BCUT2D eigenvalue weighted by Crippen LogP contribution is 2.23. The second-order valence-corrected chi connectivity index (χ2v) is 6.66. The van der Waals surface area contributed by atoms with E-state index in [0.29, 0.717) is 24.8 Å². The molecule has 0 bridgehead atoms. The van der Waals surface area contributed by atoms with Crippen LogP contribution in [0.15, 0.2) is 21.3 Å². The molecule has 3 heterocycles. The highest BCUT2D eigenvalue weighted by molar-refractivity contribution is 7.08. The van der Waals surface area contributed by atoms with Crippen LogP contribution in [0.4, 0.5) is 0 Å². The van der Waals surface area contributed by atoms with E-state index in [4.69, 9.17) is 9.26 Å². The van der Waals surface area contributed by atoms with Gasteiger partial charge >= 0.3 is 0 Å². The van der Waals surface area contributed by atoms with Crippen molar-refractivity contribution in [3.63, 3.8) is 0 Å². The van der Waals surface area contributed by atoms with Gasteiger partial charge in [-0.1, -0.05) is 5.16 Å². The second-order valence-electron chi connectivity index (χ2n) is 5.88. The number of hydrogen-bond donors (Lipinski definition) is 1. The van der Waals surface area contributed by atoms with E-state index in [1.165, 1.54) is 0 Å². The van der Waals surface area contributed by atoms with E-state index in [2.05, 4.69) is 15.0 Å². The van der Waals surface area contributed by atoms with E-state index in [-0.39, 0.29) is 18.3 Å². The molecule has 2 aromatic heterocycles. The largest absolute Gasteiger partial charge is 0.394 e. The Balaban J connectivity index is 1.68. The van der Waals surface area contributed by atoms with Crippen molar-refractivity contribution in [2.45, 2.75) is 32.1 Å². The molecule has 1 atom stereocenters. The molecular weight excluding hydrogens is 290 g/mol. The maximum absolute atomic E-state index is 9.34. The van der Waals surface area contributed by atoms with Gasteiger partial charge in [0.25, 0.3) is 5.89 Å². The molecule has 1 fully saturated rings. The van der Waals surface area contributed by atoms with Crippen molar-refractivity contribution >= 4 is 11.3 Å². The smallest absolute Gasteiger partial charge is 0.258 e. The average Bonchev–Trinajstić information content (AvgIpc) is 3.06. The van der Waals surface area contributed by atoms with Crippen molar-refractivity contribution in [1.29, 1.82) is 0 Å². The summed E-state index contributed by atoms with van der Waals surface area (Å²) in [6.07, 6.45) is -0.169. The third kappa shape index (κ3) is 3.49. The van der Waals surface area contributed by atoms with E-state index < -0.39 is 0 Å². The molecule has 3 rings (SSSR count). The van der Waals surface area contributed by atoms with E-state index in [1.54, 1.807) is 11.3 Å². The average molecular weight is 309 g/mol. The van der Waals surface area contributed by atoms with Crippen LogP contribution < -0.4 is 0 Å². The van der Waals surface area contributed by atoms with Crippen LogP contribution in [0.25, 0.3) is 11.5 Å². The van der Waals surface area contributed by atoms with Crippen molar-refractivity contribution < 1.29 is 14.4 Å². The third-order valence-corrected chi connectivity index (χ3v) is 4.04. The molecule has 6 nitrogen and oxygen atoms in total. The Morgan fingerprint density at radius 1 is 1.52 bits per heavy atom. The minimum atomic E-state index is -0.286. The number of rotatable bonds is 4. The highest BCUT2D eigenvalue weighted by atomic mass is 32.1. The number of morpholine rings is 1. The minimum Gasteiger partial charge on any atom is -0.394 e. The molecule has 21 heavy (non-hydrogen) atoms. The quantitative estimate of drug-likeness (QED) is 0.928. The van der Waals surface area contributed by atoms with E-state index >= 15 is 0 Å². The van der Waals surface area contributed by atoms with Crippen molar-refractivity contribution in [3.8, 4) is 11.5 Å². The highest BCUT2D eigenvalue weighted by Gasteiger charge is 2.33. The Bertz CT molecular complexity index is 582. The Morgan fingerprint density at radius 3 is 3.10 bits per heavy atom. The zero-order valence-corrected chi connectivity index (χ0v) is 13.0. The van der Waals surface area contributed by atoms with Gasteiger partial charge in [-0.15, -0.1) is 0 Å². The topological polar surface area (TPSA) is 71.6 Å². The zero-order chi connectivity index (χ0) is 14.9. The van der Waals surface area contributed by atoms with E-state index in [0.717, 1.165) is 12.1 Å². The summed E-state index contributed by atoms with van der Waals surface area (Å²) in [5.41, 5.74) is 0.667. The first-order chi connectivity index (χ1) is 10.1. The van der Waals surface area contributed by atoms with Gasteiger partial charge in [0.1, 0.15) is 0 Å². The van der Waals surface area contributed by atoms with Crippen LogP contribution >= 0.6 is 11.3 Å². The number of aliphatic hydroxyl groups excluding tert-OH is 1. The lowest BCUT2D eigenvalue weighted by Gasteiger charge is -2.41. The molecular formula is C14H19N3O3S. The molecule has 1 aliphatic rings. The van der Waals surface area contributed by atoms with Gasteiger partial charge in [-0.05, 0) is 25.3 Å². The molecule has 1 saturated heterocycles. The van der Waals surface area contributed by atoms with E-state index in [9.17, 15) is 5.11 Å². The summed E-state index contributed by atoms with van der Waals surface area (Å²) in [7, 11) is 0. The molecule has 1 aliphatic heterocycles. The number of aromatic nitrogens is 2. The van der Waals surface area contributed by atoms with Crippen molar-refractivity contribution in [2.24, 2.45) is 0 Å². The molecule has 1 N–H and O–H groups in total. The lowest BCUT2D eigenvalue weighted by atomic mass is 10.1. The molecule has 0 saturated carbocycles. The summed E-state index contributed by atoms with van der Waals surface area (Å²) >= 11 is 1.60. The maximum Gasteiger partial charge on any atom is 0.258 e. The zero-order valence-electron chi connectivity index (χ0n) is 12.2. The molecule has 0 amide bonds. The summed E-state index contributed by atoms with van der Waals surface area (Å²) in [4.78, 5) is 6.62. The van der Waals surface area contributed by atoms with Gasteiger partial charge < -0.3 is 14.4 Å². The second kappa shape index (κ2) is 5.84. The molecule has 114 valence electrons. The number of thiophene rings is 1. The number of hydrogen-bond acceptors (Lipinski definition) is 7. The van der Waals surface area contributed by atoms with Crippen LogP contribution in [-0.4, -0.2) is 51.5 Å². The molecule has 0 spiro atoms. The SMILES string of the molecule is CC1(C)CN(Cc2noc(-c3ccsc3)n2)CC(CO)O1. The van der Waals surface area contributed by atoms with Crippen molar-refractivity contribution in [3.05, 3.63) is 22.7 Å². The summed E-state index contributed by atoms with van der Waals surface area (Å²) in [5.74, 6) is 1.21. The van der Waals surface area contributed by atoms with Gasteiger partial charge in [0.05, 0.1) is 30.4 Å². The molecule has 7 heteroatoms. The van der Waals surface area contributed by atoms with Crippen LogP contribution in [0, 0.1) is 0 Å². The predicted molar refractivity (Wildman–Crippen MR) is 78.9 cm³/mol. The summed E-state index contributed by atoms with van der Waals surface area (Å²) in [5, 5.41) is 17.3.